The SMILES string of the molecule is CCOC(=O)[C@H](C)Nc1ccc(C)cc1C. The highest BCUT2D eigenvalue weighted by Crippen LogP contribution is 2.17. The predicted molar refractivity (Wildman–Crippen MR) is 65.6 cm³/mol. The summed E-state index contributed by atoms with van der Waals surface area (Å²) in [6.07, 6.45) is 0. The fraction of sp³-hybridized carbons (Fsp3) is 0.462. The fourth-order valence-corrected chi connectivity index (χ4v) is 1.53. The van der Waals surface area contributed by atoms with Gasteiger partial charge in [-0.1, -0.05) is 17.7 Å². The number of nitrogens with one attached hydrogen (secondary N) is 1. The van der Waals surface area contributed by atoms with Gasteiger partial charge in [-0.2, -0.15) is 0 Å². The van der Waals surface area contributed by atoms with Crippen LogP contribution in [0.4, 0.5) is 5.69 Å². The van der Waals surface area contributed by atoms with E-state index < -0.39 is 0 Å². The second-order valence-electron chi connectivity index (χ2n) is 3.94. The molecule has 16 heavy (non-hydrogen) atoms. The van der Waals surface area contributed by atoms with E-state index >= 15 is 0 Å². The topological polar surface area (TPSA) is 38.3 Å². The molecule has 0 unspecified atom stereocenters. The van der Waals surface area contributed by atoms with Crippen LogP contribution in [0, 0.1) is 13.8 Å². The Balaban J connectivity index is 2.69. The number of carbonyl (C=O) groups excluding carboxylic acids is 1. The molecule has 3 heteroatoms. The van der Waals surface area contributed by atoms with Crippen LogP contribution in [-0.4, -0.2) is 18.6 Å². The number of anilines is 1. The molecule has 0 radical (unpaired) electrons. The van der Waals surface area contributed by atoms with E-state index in [9.17, 15) is 4.79 Å². The van der Waals surface area contributed by atoms with E-state index in [-0.39, 0.29) is 12.0 Å². The summed E-state index contributed by atoms with van der Waals surface area (Å²) >= 11 is 0. The van der Waals surface area contributed by atoms with Crippen molar-refractivity contribution in [2.24, 2.45) is 0 Å². The minimum absolute atomic E-state index is 0.220. The number of ether oxygens (including phenoxy) is 1. The number of aryl methyl sites for hydroxylation is 2. The summed E-state index contributed by atoms with van der Waals surface area (Å²) in [6.45, 7) is 8.09. The van der Waals surface area contributed by atoms with E-state index in [0.717, 1.165) is 11.3 Å². The summed E-state index contributed by atoms with van der Waals surface area (Å²) in [7, 11) is 0. The van der Waals surface area contributed by atoms with Crippen molar-refractivity contribution >= 4 is 11.7 Å². The molecule has 0 spiro atoms. The molecule has 0 saturated heterocycles. The predicted octanol–water partition coefficient (Wildman–Crippen LogP) is 2.67. The molecule has 0 amide bonds. The van der Waals surface area contributed by atoms with Gasteiger partial charge in [0.2, 0.25) is 0 Å². The Bertz CT molecular complexity index is 374. The third kappa shape index (κ3) is 3.26. The zero-order chi connectivity index (χ0) is 12.1. The van der Waals surface area contributed by atoms with Crippen LogP contribution in [0.3, 0.4) is 0 Å². The molecule has 0 aliphatic carbocycles. The van der Waals surface area contributed by atoms with Gasteiger partial charge in [0.05, 0.1) is 6.61 Å². The van der Waals surface area contributed by atoms with Gasteiger partial charge in [-0.15, -0.1) is 0 Å². The maximum Gasteiger partial charge on any atom is 0.328 e. The normalized spacial score (nSPS) is 12.0. The molecule has 0 aromatic heterocycles. The van der Waals surface area contributed by atoms with Crippen molar-refractivity contribution in [1.29, 1.82) is 0 Å². The second kappa shape index (κ2) is 5.54. The molecule has 1 aromatic rings. The van der Waals surface area contributed by atoms with Crippen LogP contribution in [0.25, 0.3) is 0 Å². The summed E-state index contributed by atoms with van der Waals surface area (Å²) in [5.41, 5.74) is 3.33. The third-order valence-corrected chi connectivity index (χ3v) is 2.39. The smallest absolute Gasteiger partial charge is 0.328 e. The average molecular weight is 221 g/mol. The van der Waals surface area contributed by atoms with Crippen LogP contribution < -0.4 is 5.32 Å². The standard InChI is InChI=1S/C13H19NO2/c1-5-16-13(15)11(4)14-12-7-6-9(2)8-10(12)3/h6-8,11,14H,5H2,1-4H3/t11-/m0/s1. The van der Waals surface area contributed by atoms with Crippen LogP contribution in [0.5, 0.6) is 0 Å². The maximum absolute atomic E-state index is 11.4. The van der Waals surface area contributed by atoms with E-state index in [0.29, 0.717) is 6.61 Å². The lowest BCUT2D eigenvalue weighted by atomic mass is 10.1. The van der Waals surface area contributed by atoms with Crippen molar-refractivity contribution in [3.8, 4) is 0 Å². The van der Waals surface area contributed by atoms with E-state index in [1.807, 2.05) is 32.9 Å². The number of carbonyl (C=O) groups is 1. The van der Waals surface area contributed by atoms with E-state index in [4.69, 9.17) is 4.74 Å². The Hall–Kier alpha value is -1.51. The monoisotopic (exact) mass is 221 g/mol. The first-order chi connectivity index (χ1) is 7.54. The molecule has 0 aliphatic rings. The Kier molecular flexibility index (Phi) is 4.35. The van der Waals surface area contributed by atoms with Crippen LogP contribution in [0.2, 0.25) is 0 Å². The molecule has 0 saturated carbocycles. The molecule has 1 N–H and O–H groups in total. The first-order valence-corrected chi connectivity index (χ1v) is 5.55. The van der Waals surface area contributed by atoms with Gasteiger partial charge in [0.25, 0.3) is 0 Å². The van der Waals surface area contributed by atoms with Crippen molar-refractivity contribution in [3.05, 3.63) is 29.3 Å². The van der Waals surface area contributed by atoms with Crippen LogP contribution >= 0.6 is 0 Å². The van der Waals surface area contributed by atoms with Crippen molar-refractivity contribution in [2.45, 2.75) is 33.7 Å². The molecular weight excluding hydrogens is 202 g/mol. The maximum atomic E-state index is 11.4. The van der Waals surface area contributed by atoms with Gasteiger partial charge < -0.3 is 10.1 Å². The zero-order valence-electron chi connectivity index (χ0n) is 10.3. The second-order valence-corrected chi connectivity index (χ2v) is 3.94. The van der Waals surface area contributed by atoms with Gasteiger partial charge in [-0.3, -0.25) is 0 Å². The minimum atomic E-state index is -0.318. The highest BCUT2D eigenvalue weighted by molar-refractivity contribution is 5.79. The van der Waals surface area contributed by atoms with Crippen molar-refractivity contribution in [2.75, 3.05) is 11.9 Å². The Morgan fingerprint density at radius 1 is 1.44 bits per heavy atom. The summed E-state index contributed by atoms with van der Waals surface area (Å²) in [5, 5.41) is 3.15. The Morgan fingerprint density at radius 2 is 2.12 bits per heavy atom. The molecule has 0 aliphatic heterocycles. The van der Waals surface area contributed by atoms with Gasteiger partial charge in [0, 0.05) is 5.69 Å². The van der Waals surface area contributed by atoms with Crippen LogP contribution in [0.15, 0.2) is 18.2 Å². The van der Waals surface area contributed by atoms with Gasteiger partial charge >= 0.3 is 5.97 Å². The molecule has 0 heterocycles. The van der Waals surface area contributed by atoms with Crippen LogP contribution in [-0.2, 0) is 9.53 Å². The van der Waals surface area contributed by atoms with Gasteiger partial charge in [-0.25, -0.2) is 4.79 Å². The number of hydrogen-bond acceptors (Lipinski definition) is 3. The molecule has 0 bridgehead atoms. The van der Waals surface area contributed by atoms with Gasteiger partial charge in [0.1, 0.15) is 6.04 Å². The lowest BCUT2D eigenvalue weighted by Gasteiger charge is -2.15. The highest BCUT2D eigenvalue weighted by atomic mass is 16.5. The summed E-state index contributed by atoms with van der Waals surface area (Å²) in [4.78, 5) is 11.4. The van der Waals surface area contributed by atoms with E-state index in [1.54, 1.807) is 6.92 Å². The number of esters is 1. The number of benzene rings is 1. The molecule has 3 nitrogen and oxygen atoms in total. The van der Waals surface area contributed by atoms with E-state index in [1.165, 1.54) is 5.56 Å². The molecule has 0 fully saturated rings. The third-order valence-electron chi connectivity index (χ3n) is 2.39. The van der Waals surface area contributed by atoms with Gasteiger partial charge in [0.15, 0.2) is 0 Å². The van der Waals surface area contributed by atoms with Crippen molar-refractivity contribution in [3.63, 3.8) is 0 Å². The zero-order valence-corrected chi connectivity index (χ0v) is 10.3. The average Bonchev–Trinajstić information content (AvgIpc) is 2.22. The number of rotatable bonds is 4. The minimum Gasteiger partial charge on any atom is -0.464 e. The first kappa shape index (κ1) is 12.6. The molecular formula is C13H19NO2. The number of hydrogen-bond donors (Lipinski definition) is 1. The summed E-state index contributed by atoms with van der Waals surface area (Å²) in [6, 6.07) is 5.77. The van der Waals surface area contributed by atoms with Gasteiger partial charge in [-0.05, 0) is 39.3 Å². The fourth-order valence-electron chi connectivity index (χ4n) is 1.53. The largest absolute Gasteiger partial charge is 0.464 e. The van der Waals surface area contributed by atoms with Crippen molar-refractivity contribution in [1.82, 2.24) is 0 Å². The molecule has 1 rings (SSSR count). The summed E-state index contributed by atoms with van der Waals surface area (Å²) in [5.74, 6) is -0.220. The Labute approximate surface area is 96.8 Å². The Morgan fingerprint density at radius 3 is 2.69 bits per heavy atom. The first-order valence-electron chi connectivity index (χ1n) is 5.55. The van der Waals surface area contributed by atoms with E-state index in [2.05, 4.69) is 11.4 Å². The lowest BCUT2D eigenvalue weighted by Crippen LogP contribution is -2.28. The van der Waals surface area contributed by atoms with Crippen molar-refractivity contribution < 1.29 is 9.53 Å². The van der Waals surface area contributed by atoms with Crippen LogP contribution in [0.1, 0.15) is 25.0 Å². The molecule has 1 atom stereocenters. The quantitative estimate of drug-likeness (QED) is 0.794. The molecule has 1 aromatic carbocycles. The summed E-state index contributed by atoms with van der Waals surface area (Å²) < 4.78 is 4.94. The highest BCUT2D eigenvalue weighted by Gasteiger charge is 2.13. The molecule has 88 valence electrons. The lowest BCUT2D eigenvalue weighted by molar-refractivity contribution is -0.143.